The van der Waals surface area contributed by atoms with Crippen molar-refractivity contribution in [3.63, 3.8) is 0 Å². The molecule has 0 aromatic carbocycles. The normalized spacial score (nSPS) is 25.6. The molecule has 4 nitrogen and oxygen atoms in total. The molecule has 1 saturated carbocycles. The van der Waals surface area contributed by atoms with Gasteiger partial charge in [-0.2, -0.15) is 5.10 Å². The molecule has 18 heavy (non-hydrogen) atoms. The Balaban J connectivity index is 1.59. The smallest absolute Gasteiger partial charge is 0.225 e. The fraction of sp³-hybridized carbons (Fsp3) is 0.714. The molecule has 1 atom stereocenters. The van der Waals surface area contributed by atoms with Gasteiger partial charge in [0.1, 0.15) is 0 Å². The van der Waals surface area contributed by atoms with E-state index < -0.39 is 0 Å². The number of H-pyrrole nitrogens is 1. The minimum Gasteiger partial charge on any atom is -0.342 e. The van der Waals surface area contributed by atoms with Gasteiger partial charge in [0.25, 0.3) is 0 Å². The Morgan fingerprint density at radius 3 is 2.83 bits per heavy atom. The van der Waals surface area contributed by atoms with E-state index in [0.29, 0.717) is 17.7 Å². The number of nitrogens with zero attached hydrogens (tertiary/aromatic N) is 2. The average molecular weight is 247 g/mol. The van der Waals surface area contributed by atoms with Crippen LogP contribution < -0.4 is 0 Å². The van der Waals surface area contributed by atoms with Crippen LogP contribution in [-0.4, -0.2) is 34.1 Å². The van der Waals surface area contributed by atoms with E-state index in [1.54, 1.807) is 6.20 Å². The summed E-state index contributed by atoms with van der Waals surface area (Å²) in [6, 6.07) is 2.03. The zero-order valence-corrected chi connectivity index (χ0v) is 10.8. The number of aromatic nitrogens is 2. The summed E-state index contributed by atoms with van der Waals surface area (Å²) < 4.78 is 0. The van der Waals surface area contributed by atoms with Gasteiger partial charge in [-0.15, -0.1) is 0 Å². The molecule has 1 aromatic rings. The summed E-state index contributed by atoms with van der Waals surface area (Å²) in [5, 5.41) is 7.03. The van der Waals surface area contributed by atoms with Crippen molar-refractivity contribution in [2.75, 3.05) is 13.1 Å². The molecule has 2 fully saturated rings. The molecule has 0 radical (unpaired) electrons. The zero-order valence-electron chi connectivity index (χ0n) is 10.8. The van der Waals surface area contributed by atoms with E-state index in [9.17, 15) is 4.79 Å². The van der Waals surface area contributed by atoms with Crippen LogP contribution in [0, 0.1) is 5.92 Å². The van der Waals surface area contributed by atoms with Crippen LogP contribution in [0.5, 0.6) is 0 Å². The van der Waals surface area contributed by atoms with Crippen molar-refractivity contribution in [2.45, 2.75) is 44.4 Å². The summed E-state index contributed by atoms with van der Waals surface area (Å²) in [6.07, 6.45) is 8.83. The summed E-state index contributed by atoms with van der Waals surface area (Å²) >= 11 is 0. The number of amides is 1. The van der Waals surface area contributed by atoms with Gasteiger partial charge in [-0.25, -0.2) is 0 Å². The van der Waals surface area contributed by atoms with E-state index >= 15 is 0 Å². The third-order valence-electron chi connectivity index (χ3n) is 4.42. The summed E-state index contributed by atoms with van der Waals surface area (Å²) in [5.74, 6) is 1.16. The first kappa shape index (κ1) is 11.8. The second-order valence-electron chi connectivity index (χ2n) is 5.62. The van der Waals surface area contributed by atoms with Crippen molar-refractivity contribution < 1.29 is 4.79 Å². The van der Waals surface area contributed by atoms with Gasteiger partial charge < -0.3 is 4.90 Å². The summed E-state index contributed by atoms with van der Waals surface area (Å²) in [5.41, 5.74) is 1.17. The topological polar surface area (TPSA) is 49.0 Å². The monoisotopic (exact) mass is 247 g/mol. The van der Waals surface area contributed by atoms with Gasteiger partial charge in [0.2, 0.25) is 5.91 Å². The third-order valence-corrected chi connectivity index (χ3v) is 4.42. The van der Waals surface area contributed by atoms with Crippen LogP contribution in [0.1, 0.15) is 50.1 Å². The minimum absolute atomic E-state index is 0.305. The van der Waals surface area contributed by atoms with E-state index in [2.05, 4.69) is 15.1 Å². The van der Waals surface area contributed by atoms with E-state index in [0.717, 1.165) is 32.4 Å². The first-order valence-corrected chi connectivity index (χ1v) is 7.12. The van der Waals surface area contributed by atoms with Gasteiger partial charge in [-0.3, -0.25) is 9.89 Å². The maximum absolute atomic E-state index is 12.4. The van der Waals surface area contributed by atoms with Gasteiger partial charge >= 0.3 is 0 Å². The predicted molar refractivity (Wildman–Crippen MR) is 69.1 cm³/mol. The molecule has 0 bridgehead atoms. The number of likely N-dealkylation sites (tertiary alicyclic amines) is 1. The SMILES string of the molecule is O=C(C1CCCCC1)N1CC[C@H](c2ccn[nH]2)C1. The Kier molecular flexibility index (Phi) is 3.35. The molecule has 1 aliphatic heterocycles. The van der Waals surface area contributed by atoms with Crippen LogP contribution in [0.3, 0.4) is 0 Å². The molecular weight excluding hydrogens is 226 g/mol. The Bertz CT molecular complexity index is 395. The quantitative estimate of drug-likeness (QED) is 0.871. The second-order valence-corrected chi connectivity index (χ2v) is 5.62. The van der Waals surface area contributed by atoms with Crippen LogP contribution in [0.2, 0.25) is 0 Å². The molecule has 1 aromatic heterocycles. The molecule has 1 aliphatic carbocycles. The molecule has 0 unspecified atom stereocenters. The van der Waals surface area contributed by atoms with Gasteiger partial charge in [0, 0.05) is 36.8 Å². The van der Waals surface area contributed by atoms with Crippen molar-refractivity contribution in [3.05, 3.63) is 18.0 Å². The van der Waals surface area contributed by atoms with Crippen molar-refractivity contribution in [2.24, 2.45) is 5.92 Å². The fourth-order valence-electron chi connectivity index (χ4n) is 3.32. The number of hydrogen-bond donors (Lipinski definition) is 1. The molecule has 4 heteroatoms. The molecule has 0 spiro atoms. The predicted octanol–water partition coefficient (Wildman–Crippen LogP) is 2.31. The number of aromatic amines is 1. The van der Waals surface area contributed by atoms with E-state index in [-0.39, 0.29) is 0 Å². The van der Waals surface area contributed by atoms with Crippen LogP contribution in [0.4, 0.5) is 0 Å². The molecule has 1 N–H and O–H groups in total. The Hall–Kier alpha value is -1.32. The van der Waals surface area contributed by atoms with Crippen molar-refractivity contribution in [3.8, 4) is 0 Å². The average Bonchev–Trinajstić information content (AvgIpc) is 3.09. The van der Waals surface area contributed by atoms with Crippen molar-refractivity contribution >= 4 is 5.91 Å². The highest BCUT2D eigenvalue weighted by molar-refractivity contribution is 5.79. The van der Waals surface area contributed by atoms with Gasteiger partial charge in [-0.05, 0) is 25.3 Å². The highest BCUT2D eigenvalue weighted by atomic mass is 16.2. The van der Waals surface area contributed by atoms with Gasteiger partial charge in [0.05, 0.1) is 0 Å². The first-order valence-electron chi connectivity index (χ1n) is 7.12. The maximum atomic E-state index is 12.4. The van der Waals surface area contributed by atoms with Crippen LogP contribution in [0.15, 0.2) is 12.3 Å². The minimum atomic E-state index is 0.305. The van der Waals surface area contributed by atoms with Crippen molar-refractivity contribution in [1.29, 1.82) is 0 Å². The second kappa shape index (κ2) is 5.12. The summed E-state index contributed by atoms with van der Waals surface area (Å²) in [7, 11) is 0. The van der Waals surface area contributed by atoms with Gasteiger partial charge in [0.15, 0.2) is 0 Å². The Morgan fingerprint density at radius 2 is 2.11 bits per heavy atom. The van der Waals surface area contributed by atoms with E-state index in [1.807, 2.05) is 6.07 Å². The fourth-order valence-corrected chi connectivity index (χ4v) is 3.32. The highest BCUT2D eigenvalue weighted by Crippen LogP contribution is 2.30. The summed E-state index contributed by atoms with van der Waals surface area (Å²) in [6.45, 7) is 1.79. The van der Waals surface area contributed by atoms with Gasteiger partial charge in [-0.1, -0.05) is 19.3 Å². The lowest BCUT2D eigenvalue weighted by atomic mass is 9.88. The third kappa shape index (κ3) is 2.28. The lowest BCUT2D eigenvalue weighted by Gasteiger charge is -2.26. The number of carbonyl (C=O) groups is 1. The number of nitrogens with one attached hydrogen (secondary N) is 1. The summed E-state index contributed by atoms with van der Waals surface area (Å²) in [4.78, 5) is 14.5. The van der Waals surface area contributed by atoms with Crippen LogP contribution in [-0.2, 0) is 4.79 Å². The number of rotatable bonds is 2. The molecule has 3 rings (SSSR count). The highest BCUT2D eigenvalue weighted by Gasteiger charge is 2.32. The first-order chi connectivity index (χ1) is 8.84. The molecular formula is C14H21N3O. The van der Waals surface area contributed by atoms with Crippen LogP contribution in [0.25, 0.3) is 0 Å². The Labute approximate surface area is 108 Å². The van der Waals surface area contributed by atoms with E-state index in [4.69, 9.17) is 0 Å². The molecule has 2 heterocycles. The van der Waals surface area contributed by atoms with Crippen molar-refractivity contribution in [1.82, 2.24) is 15.1 Å². The molecule has 98 valence electrons. The maximum Gasteiger partial charge on any atom is 0.225 e. The zero-order chi connectivity index (χ0) is 12.4. The molecule has 1 saturated heterocycles. The van der Waals surface area contributed by atoms with E-state index in [1.165, 1.54) is 25.0 Å². The number of hydrogen-bond acceptors (Lipinski definition) is 2. The number of carbonyl (C=O) groups excluding carboxylic acids is 1. The standard InChI is InChI=1S/C14H21N3O/c18-14(11-4-2-1-3-5-11)17-9-7-12(10-17)13-6-8-15-16-13/h6,8,11-12H,1-5,7,9-10H2,(H,15,16)/t12-/m0/s1. The lowest BCUT2D eigenvalue weighted by Crippen LogP contribution is -2.35. The molecule has 2 aliphatic rings. The molecule has 1 amide bonds. The lowest BCUT2D eigenvalue weighted by molar-refractivity contribution is -0.135. The van der Waals surface area contributed by atoms with Crippen LogP contribution >= 0.6 is 0 Å². The largest absolute Gasteiger partial charge is 0.342 e. The Morgan fingerprint density at radius 1 is 1.28 bits per heavy atom.